The maximum Gasteiger partial charge on any atom is 0.343 e. The van der Waals surface area contributed by atoms with E-state index < -0.39 is 59.6 Å². The number of aliphatic carboxylic acids is 3. The van der Waals surface area contributed by atoms with E-state index in [1.54, 1.807) is 0 Å². The number of carbonyl (C=O) groups excluding carboxylic acids is 1. The van der Waals surface area contributed by atoms with Gasteiger partial charge in [0.05, 0.1) is 6.42 Å². The van der Waals surface area contributed by atoms with Crippen LogP contribution in [0.4, 0.5) is 0 Å². The number of carboxylic acids is 3. The molecule has 0 aromatic rings. The molecule has 0 aliphatic carbocycles. The zero-order valence-electron chi connectivity index (χ0n) is 11.1. The van der Waals surface area contributed by atoms with Gasteiger partial charge >= 0.3 is 17.9 Å². The number of carbonyl (C=O) groups is 4. The summed E-state index contributed by atoms with van der Waals surface area (Å²) >= 11 is 0. The molecule has 0 amide bonds. The van der Waals surface area contributed by atoms with Crippen LogP contribution in [0.2, 0.25) is 0 Å². The number of ether oxygens (including phenoxy) is 2. The van der Waals surface area contributed by atoms with Crippen molar-refractivity contribution in [1.82, 2.24) is 0 Å². The van der Waals surface area contributed by atoms with Crippen molar-refractivity contribution in [2.45, 2.75) is 41.7 Å². The molecule has 0 radical (unpaired) electrons. The highest BCUT2D eigenvalue weighted by molar-refractivity contribution is 5.97. The zero-order chi connectivity index (χ0) is 17.8. The van der Waals surface area contributed by atoms with Gasteiger partial charge in [0.15, 0.2) is 0 Å². The average Bonchev–Trinajstić information content (AvgIpc) is 2.64. The number of hydrogen-bond acceptors (Lipinski definition) is 9. The molecule has 0 aromatic carbocycles. The second kappa shape index (κ2) is 4.94. The molecule has 2 fully saturated rings. The number of hydrogen-bond donors (Lipinski definition) is 6. The molecule has 2 saturated heterocycles. The van der Waals surface area contributed by atoms with Crippen molar-refractivity contribution in [2.24, 2.45) is 0 Å². The summed E-state index contributed by atoms with van der Waals surface area (Å²) in [7, 11) is 0. The lowest BCUT2D eigenvalue weighted by molar-refractivity contribution is -0.370. The minimum absolute atomic E-state index is 0.0813. The Labute approximate surface area is 126 Å². The Morgan fingerprint density at radius 3 is 2.00 bits per heavy atom. The SMILES string of the molecule is O=CCC12OC(C(=O)O)C(O)(C(=O)O)C(C(=O)O)(O1)C(O)C2O. The van der Waals surface area contributed by atoms with E-state index in [-0.39, 0.29) is 6.29 Å². The van der Waals surface area contributed by atoms with Crippen LogP contribution in [-0.2, 0) is 28.7 Å². The monoisotopic (exact) mass is 336 g/mol. The van der Waals surface area contributed by atoms with E-state index in [1.165, 1.54) is 0 Å². The summed E-state index contributed by atoms with van der Waals surface area (Å²) in [6, 6.07) is 0. The van der Waals surface area contributed by atoms with Crippen molar-refractivity contribution >= 4 is 24.2 Å². The van der Waals surface area contributed by atoms with Gasteiger partial charge in [-0.15, -0.1) is 0 Å². The Morgan fingerprint density at radius 2 is 1.61 bits per heavy atom. The second-order valence-electron chi connectivity index (χ2n) is 5.12. The minimum atomic E-state index is -3.78. The molecule has 2 aliphatic rings. The zero-order valence-corrected chi connectivity index (χ0v) is 11.1. The molecule has 6 N–H and O–H groups in total. The van der Waals surface area contributed by atoms with Crippen molar-refractivity contribution in [2.75, 3.05) is 0 Å². The normalized spacial score (nSPS) is 45.4. The van der Waals surface area contributed by atoms with E-state index in [4.69, 9.17) is 19.7 Å². The maximum absolute atomic E-state index is 11.6. The van der Waals surface area contributed by atoms with Crippen LogP contribution < -0.4 is 0 Å². The first kappa shape index (κ1) is 17.2. The number of rotatable bonds is 5. The Balaban J connectivity index is 2.80. The second-order valence-corrected chi connectivity index (χ2v) is 5.12. The quantitative estimate of drug-likeness (QED) is 0.267. The first-order valence-corrected chi connectivity index (χ1v) is 6.11. The van der Waals surface area contributed by atoms with E-state index in [1.807, 2.05) is 0 Å². The predicted molar refractivity (Wildman–Crippen MR) is 62.0 cm³/mol. The molecule has 2 rings (SSSR count). The molecule has 2 aliphatic heterocycles. The third-order valence-corrected chi connectivity index (χ3v) is 4.00. The molecule has 6 unspecified atom stereocenters. The summed E-state index contributed by atoms with van der Waals surface area (Å²) in [5, 5.41) is 57.8. The van der Waals surface area contributed by atoms with E-state index in [9.17, 15) is 39.6 Å². The topological polar surface area (TPSA) is 208 Å². The maximum atomic E-state index is 11.6. The van der Waals surface area contributed by atoms with Gasteiger partial charge in [-0.1, -0.05) is 0 Å². The van der Waals surface area contributed by atoms with Crippen LogP contribution >= 0.6 is 0 Å². The smallest absolute Gasteiger partial charge is 0.343 e. The summed E-state index contributed by atoms with van der Waals surface area (Å²) < 4.78 is 9.55. The highest BCUT2D eigenvalue weighted by Crippen LogP contribution is 2.53. The van der Waals surface area contributed by atoms with Crippen molar-refractivity contribution in [3.63, 3.8) is 0 Å². The molecule has 0 spiro atoms. The average molecular weight is 336 g/mol. The molecule has 6 atom stereocenters. The number of aldehydes is 1. The first-order valence-electron chi connectivity index (χ1n) is 6.11. The molecule has 0 saturated carbocycles. The Morgan fingerprint density at radius 1 is 1.04 bits per heavy atom. The van der Waals surface area contributed by atoms with Gasteiger partial charge in [0.2, 0.25) is 23.1 Å². The molecule has 0 aromatic heterocycles. The van der Waals surface area contributed by atoms with E-state index in [0.29, 0.717) is 0 Å². The van der Waals surface area contributed by atoms with Gasteiger partial charge in [-0.05, 0) is 0 Å². The van der Waals surface area contributed by atoms with Gasteiger partial charge in [0, 0.05) is 0 Å². The summed E-state index contributed by atoms with van der Waals surface area (Å²) in [6.07, 6.45) is -8.47. The predicted octanol–water partition coefficient (Wildman–Crippen LogP) is -3.85. The number of fused-ring (bicyclic) bond motifs is 2. The summed E-state index contributed by atoms with van der Waals surface area (Å²) in [5.74, 6) is -9.36. The largest absolute Gasteiger partial charge is 0.479 e. The van der Waals surface area contributed by atoms with E-state index in [2.05, 4.69) is 0 Å². The highest BCUT2D eigenvalue weighted by atomic mass is 16.8. The van der Waals surface area contributed by atoms with Crippen LogP contribution in [0, 0.1) is 0 Å². The van der Waals surface area contributed by atoms with Gasteiger partial charge in [-0.2, -0.15) is 0 Å². The molecular formula is C11H12O12. The lowest BCUT2D eigenvalue weighted by Gasteiger charge is -2.48. The standard InChI is InChI=1S/C11H12O12/c12-2-1-9-3(13)4(14)11(23-9,8(19)20)10(21,7(17)18)5(22-9)6(15)16/h2-5,13-14,21H,1H2,(H,15,16)(H,17,18)(H,19,20). The molecule has 2 heterocycles. The Hall–Kier alpha value is -2.12. The third kappa shape index (κ3) is 1.77. The van der Waals surface area contributed by atoms with Crippen LogP contribution in [0.25, 0.3) is 0 Å². The summed E-state index contributed by atoms with van der Waals surface area (Å²) in [6.45, 7) is 0. The van der Waals surface area contributed by atoms with Gasteiger partial charge in [0.1, 0.15) is 18.5 Å². The van der Waals surface area contributed by atoms with Gasteiger partial charge in [-0.25, -0.2) is 14.4 Å². The lowest BCUT2D eigenvalue weighted by Crippen LogP contribution is -2.77. The van der Waals surface area contributed by atoms with Gasteiger partial charge in [-0.3, -0.25) is 0 Å². The number of carboxylic acid groups (broad SMARTS) is 3. The van der Waals surface area contributed by atoms with Crippen LogP contribution in [0.15, 0.2) is 0 Å². The van der Waals surface area contributed by atoms with Crippen molar-refractivity contribution in [1.29, 1.82) is 0 Å². The van der Waals surface area contributed by atoms with Crippen LogP contribution in [-0.4, -0.2) is 90.1 Å². The van der Waals surface area contributed by atoms with Crippen LogP contribution in [0.3, 0.4) is 0 Å². The highest BCUT2D eigenvalue weighted by Gasteiger charge is 2.84. The lowest BCUT2D eigenvalue weighted by atomic mass is 9.74. The third-order valence-electron chi connectivity index (χ3n) is 4.00. The molecular weight excluding hydrogens is 324 g/mol. The summed E-state index contributed by atoms with van der Waals surface area (Å²) in [4.78, 5) is 45.0. The molecule has 2 bridgehead atoms. The number of aliphatic hydroxyl groups excluding tert-OH is 2. The van der Waals surface area contributed by atoms with Crippen LogP contribution in [0.1, 0.15) is 6.42 Å². The number of aliphatic hydroxyl groups is 3. The van der Waals surface area contributed by atoms with Crippen molar-refractivity contribution in [3.05, 3.63) is 0 Å². The van der Waals surface area contributed by atoms with E-state index >= 15 is 0 Å². The van der Waals surface area contributed by atoms with Gasteiger partial charge < -0.3 is 44.9 Å². The fourth-order valence-electron chi connectivity index (χ4n) is 2.89. The molecule has 12 nitrogen and oxygen atoms in total. The Kier molecular flexibility index (Phi) is 3.70. The molecule has 23 heavy (non-hydrogen) atoms. The summed E-state index contributed by atoms with van der Waals surface area (Å²) in [5.41, 5.74) is -7.25. The van der Waals surface area contributed by atoms with Crippen molar-refractivity contribution < 1.29 is 59.3 Å². The van der Waals surface area contributed by atoms with Crippen molar-refractivity contribution in [3.8, 4) is 0 Å². The van der Waals surface area contributed by atoms with Gasteiger partial charge in [0.25, 0.3) is 0 Å². The molecule has 128 valence electrons. The Bertz CT molecular complexity index is 588. The minimum Gasteiger partial charge on any atom is -0.479 e. The van der Waals surface area contributed by atoms with E-state index in [0.717, 1.165) is 0 Å². The van der Waals surface area contributed by atoms with Crippen LogP contribution in [0.5, 0.6) is 0 Å². The fraction of sp³-hybridized carbons (Fsp3) is 0.636. The molecule has 12 heteroatoms. The fourth-order valence-corrected chi connectivity index (χ4v) is 2.89. The first-order chi connectivity index (χ1) is 10.5.